The smallest absolute Gasteiger partial charge is 0.230 e. The Kier molecular flexibility index (Phi) is 5.80. The van der Waals surface area contributed by atoms with E-state index in [-0.39, 0.29) is 12.3 Å². The van der Waals surface area contributed by atoms with Crippen LogP contribution in [0.1, 0.15) is 16.3 Å². The van der Waals surface area contributed by atoms with E-state index in [1.54, 1.807) is 25.4 Å². The van der Waals surface area contributed by atoms with E-state index in [0.29, 0.717) is 18.2 Å². The number of rotatable bonds is 7. The second-order valence-electron chi connectivity index (χ2n) is 5.65. The van der Waals surface area contributed by atoms with Gasteiger partial charge in [-0.2, -0.15) is 0 Å². The Morgan fingerprint density at radius 2 is 2.00 bits per heavy atom. The number of anilines is 1. The maximum Gasteiger partial charge on any atom is 0.230 e. The molecule has 1 N–H and O–H groups in total. The largest absolute Gasteiger partial charge is 0.486 e. The van der Waals surface area contributed by atoms with Gasteiger partial charge < -0.3 is 14.8 Å². The quantitative estimate of drug-likeness (QED) is 0.689. The van der Waals surface area contributed by atoms with E-state index in [1.807, 2.05) is 36.6 Å². The van der Waals surface area contributed by atoms with Gasteiger partial charge in [0.25, 0.3) is 0 Å². The van der Waals surface area contributed by atoms with Gasteiger partial charge in [0.05, 0.1) is 31.1 Å². The fourth-order valence-electron chi connectivity index (χ4n) is 2.22. The zero-order chi connectivity index (χ0) is 18.4. The van der Waals surface area contributed by atoms with Crippen LogP contribution < -0.4 is 14.8 Å². The van der Waals surface area contributed by atoms with Gasteiger partial charge in [0.1, 0.15) is 17.4 Å². The van der Waals surface area contributed by atoms with E-state index >= 15 is 0 Å². The molecule has 2 aromatic heterocycles. The first-order valence-corrected chi connectivity index (χ1v) is 8.93. The highest BCUT2D eigenvalue weighted by Crippen LogP contribution is 2.17. The fraction of sp³-hybridized carbons (Fsp3) is 0.211. The van der Waals surface area contributed by atoms with E-state index in [1.165, 1.54) is 16.9 Å². The number of methoxy groups -OCH3 is 1. The molecule has 6 nitrogen and oxygen atoms in total. The summed E-state index contributed by atoms with van der Waals surface area (Å²) in [6.07, 6.45) is 1.76. The highest BCUT2D eigenvalue weighted by Gasteiger charge is 2.09. The Labute approximate surface area is 155 Å². The number of hydrogen-bond acceptors (Lipinski definition) is 6. The number of carbonyl (C=O) groups is 1. The summed E-state index contributed by atoms with van der Waals surface area (Å²) in [4.78, 5) is 20.6. The van der Waals surface area contributed by atoms with Gasteiger partial charge in [-0.15, -0.1) is 11.3 Å². The standard InChI is InChI=1S/C19H19N3O3S/c1-13-3-6-16(7-4-13)25-11-19-22-15(12-26-19)9-17(23)21-14-5-8-18(24-2)20-10-14/h3-8,10,12H,9,11H2,1-2H3,(H,21,23). The molecule has 1 aromatic carbocycles. The summed E-state index contributed by atoms with van der Waals surface area (Å²) in [6, 6.07) is 11.3. The third-order valence-electron chi connectivity index (χ3n) is 3.55. The molecule has 1 amide bonds. The second-order valence-corrected chi connectivity index (χ2v) is 6.59. The number of aromatic nitrogens is 2. The maximum atomic E-state index is 12.1. The first-order chi connectivity index (χ1) is 12.6. The lowest BCUT2D eigenvalue weighted by atomic mass is 10.2. The van der Waals surface area contributed by atoms with Crippen LogP contribution >= 0.6 is 11.3 Å². The highest BCUT2D eigenvalue weighted by molar-refractivity contribution is 7.09. The fourth-order valence-corrected chi connectivity index (χ4v) is 2.93. The third kappa shape index (κ3) is 5.03. The van der Waals surface area contributed by atoms with Gasteiger partial charge in [-0.25, -0.2) is 9.97 Å². The van der Waals surface area contributed by atoms with Crippen molar-refractivity contribution in [2.24, 2.45) is 0 Å². The highest BCUT2D eigenvalue weighted by atomic mass is 32.1. The number of carbonyl (C=O) groups excluding carboxylic acids is 1. The van der Waals surface area contributed by atoms with Crippen molar-refractivity contribution in [1.29, 1.82) is 0 Å². The predicted octanol–water partition coefficient (Wildman–Crippen LogP) is 3.62. The molecule has 0 fully saturated rings. The molecule has 7 heteroatoms. The zero-order valence-corrected chi connectivity index (χ0v) is 15.4. The summed E-state index contributed by atoms with van der Waals surface area (Å²) in [6.45, 7) is 2.42. The van der Waals surface area contributed by atoms with Crippen LogP contribution in [0.5, 0.6) is 11.6 Å². The van der Waals surface area contributed by atoms with Crippen molar-refractivity contribution in [2.45, 2.75) is 20.0 Å². The molecule has 0 radical (unpaired) electrons. The lowest BCUT2D eigenvalue weighted by Crippen LogP contribution is -2.14. The minimum absolute atomic E-state index is 0.145. The predicted molar refractivity (Wildman–Crippen MR) is 101 cm³/mol. The lowest BCUT2D eigenvalue weighted by Gasteiger charge is -2.05. The van der Waals surface area contributed by atoms with E-state index in [2.05, 4.69) is 15.3 Å². The molecule has 0 aliphatic carbocycles. The Morgan fingerprint density at radius 1 is 1.19 bits per heavy atom. The summed E-state index contributed by atoms with van der Waals surface area (Å²) in [5, 5.41) is 5.50. The van der Waals surface area contributed by atoms with Gasteiger partial charge in [0.2, 0.25) is 11.8 Å². The van der Waals surface area contributed by atoms with Gasteiger partial charge in [-0.3, -0.25) is 4.79 Å². The number of thiazole rings is 1. The van der Waals surface area contributed by atoms with Crippen LogP contribution in [0.4, 0.5) is 5.69 Å². The van der Waals surface area contributed by atoms with Crippen LogP contribution in [0.3, 0.4) is 0 Å². The van der Waals surface area contributed by atoms with Gasteiger partial charge in [-0.1, -0.05) is 17.7 Å². The van der Waals surface area contributed by atoms with Crippen LogP contribution in [0.2, 0.25) is 0 Å². The molecule has 26 heavy (non-hydrogen) atoms. The Balaban J connectivity index is 1.50. The molecule has 0 saturated heterocycles. The van der Waals surface area contributed by atoms with Crippen molar-refractivity contribution in [1.82, 2.24) is 9.97 Å². The van der Waals surface area contributed by atoms with Crippen molar-refractivity contribution in [3.8, 4) is 11.6 Å². The summed E-state index contributed by atoms with van der Waals surface area (Å²) >= 11 is 1.48. The Bertz CT molecular complexity index is 860. The summed E-state index contributed by atoms with van der Waals surface area (Å²) in [5.74, 6) is 1.16. The number of ether oxygens (including phenoxy) is 2. The third-order valence-corrected chi connectivity index (χ3v) is 4.42. The molecule has 0 spiro atoms. The Hall–Kier alpha value is -2.93. The molecular formula is C19H19N3O3S. The van der Waals surface area contributed by atoms with Gasteiger partial charge >= 0.3 is 0 Å². The van der Waals surface area contributed by atoms with E-state index < -0.39 is 0 Å². The topological polar surface area (TPSA) is 73.3 Å². The van der Waals surface area contributed by atoms with Crippen LogP contribution in [0, 0.1) is 6.92 Å². The minimum atomic E-state index is -0.145. The average Bonchev–Trinajstić information content (AvgIpc) is 3.09. The number of hydrogen-bond donors (Lipinski definition) is 1. The molecular weight excluding hydrogens is 350 g/mol. The van der Waals surface area contributed by atoms with Crippen molar-refractivity contribution < 1.29 is 14.3 Å². The van der Waals surface area contributed by atoms with Crippen LogP contribution in [0.25, 0.3) is 0 Å². The van der Waals surface area contributed by atoms with Gasteiger partial charge in [-0.05, 0) is 25.1 Å². The molecule has 0 unspecified atom stereocenters. The molecule has 0 aliphatic rings. The van der Waals surface area contributed by atoms with E-state index in [9.17, 15) is 4.79 Å². The second kappa shape index (κ2) is 8.44. The molecule has 0 aliphatic heterocycles. The van der Waals surface area contributed by atoms with E-state index in [0.717, 1.165) is 16.5 Å². The average molecular weight is 369 g/mol. The number of nitrogens with one attached hydrogen (secondary N) is 1. The van der Waals surface area contributed by atoms with Crippen molar-refractivity contribution in [2.75, 3.05) is 12.4 Å². The maximum absolute atomic E-state index is 12.1. The number of benzene rings is 1. The molecule has 2 heterocycles. The minimum Gasteiger partial charge on any atom is -0.486 e. The SMILES string of the molecule is COc1ccc(NC(=O)Cc2csc(COc3ccc(C)cc3)n2)cn1. The summed E-state index contributed by atoms with van der Waals surface area (Å²) in [5.41, 5.74) is 2.53. The first-order valence-electron chi connectivity index (χ1n) is 8.05. The number of pyridine rings is 1. The normalized spacial score (nSPS) is 10.4. The molecule has 0 saturated carbocycles. The Morgan fingerprint density at radius 3 is 2.69 bits per heavy atom. The zero-order valence-electron chi connectivity index (χ0n) is 14.6. The summed E-state index contributed by atoms with van der Waals surface area (Å²) < 4.78 is 10.7. The van der Waals surface area contributed by atoms with Crippen LogP contribution in [0.15, 0.2) is 48.0 Å². The molecule has 0 bridgehead atoms. The van der Waals surface area contributed by atoms with Crippen LogP contribution in [-0.2, 0) is 17.8 Å². The molecule has 3 rings (SSSR count). The lowest BCUT2D eigenvalue weighted by molar-refractivity contribution is -0.115. The molecule has 0 atom stereocenters. The molecule has 3 aromatic rings. The number of aryl methyl sites for hydroxylation is 1. The summed E-state index contributed by atoms with van der Waals surface area (Å²) in [7, 11) is 1.54. The van der Waals surface area contributed by atoms with E-state index in [4.69, 9.17) is 9.47 Å². The number of amides is 1. The monoisotopic (exact) mass is 369 g/mol. The first kappa shape index (κ1) is 17.9. The number of nitrogens with zero attached hydrogens (tertiary/aromatic N) is 2. The van der Waals surface area contributed by atoms with Crippen molar-refractivity contribution in [3.63, 3.8) is 0 Å². The van der Waals surface area contributed by atoms with Crippen molar-refractivity contribution >= 4 is 22.9 Å². The molecule has 134 valence electrons. The van der Waals surface area contributed by atoms with Crippen molar-refractivity contribution in [3.05, 3.63) is 64.2 Å². The van der Waals surface area contributed by atoms with Crippen LogP contribution in [-0.4, -0.2) is 23.0 Å². The van der Waals surface area contributed by atoms with Gasteiger partial charge in [0.15, 0.2) is 0 Å². The van der Waals surface area contributed by atoms with Gasteiger partial charge in [0, 0.05) is 11.4 Å².